The van der Waals surface area contributed by atoms with Gasteiger partial charge in [0.2, 0.25) is 11.8 Å². The number of hydrogen-bond donors (Lipinski definition) is 1. The Hall–Kier alpha value is -1.40. The van der Waals surface area contributed by atoms with Gasteiger partial charge < -0.3 is 15.0 Å². The van der Waals surface area contributed by atoms with Crippen LogP contribution in [0.2, 0.25) is 0 Å². The molecular weight excluding hydrogens is 396 g/mol. The van der Waals surface area contributed by atoms with E-state index in [1.807, 2.05) is 12.1 Å². The topological polar surface area (TPSA) is 58.6 Å². The molecule has 26 heavy (non-hydrogen) atoms. The summed E-state index contributed by atoms with van der Waals surface area (Å²) < 4.78 is 6.54. The lowest BCUT2D eigenvalue weighted by molar-refractivity contribution is -0.137. The van der Waals surface area contributed by atoms with Gasteiger partial charge in [0.05, 0.1) is 12.1 Å². The second-order valence-corrected chi connectivity index (χ2v) is 8.14. The number of benzene rings is 1. The number of likely N-dealkylation sites (tertiary alicyclic amines) is 1. The normalized spacial score (nSPS) is 21.0. The first-order valence-electron chi connectivity index (χ1n) is 9.52. The quantitative estimate of drug-likeness (QED) is 0.808. The van der Waals surface area contributed by atoms with E-state index in [0.29, 0.717) is 26.2 Å². The highest BCUT2D eigenvalue weighted by atomic mass is 79.9. The maximum Gasteiger partial charge on any atom is 0.240 e. The lowest BCUT2D eigenvalue weighted by atomic mass is 9.82. The van der Waals surface area contributed by atoms with Crippen LogP contribution in [0.25, 0.3) is 0 Å². The highest BCUT2D eigenvalue weighted by molar-refractivity contribution is 9.10. The molecule has 0 aromatic heterocycles. The van der Waals surface area contributed by atoms with Gasteiger partial charge in [0.25, 0.3) is 0 Å². The van der Waals surface area contributed by atoms with Crippen molar-refractivity contribution in [2.45, 2.75) is 50.5 Å². The molecule has 3 rings (SSSR count). The van der Waals surface area contributed by atoms with Crippen LogP contribution in [-0.2, 0) is 19.9 Å². The molecule has 0 bridgehead atoms. The largest absolute Gasteiger partial charge is 0.381 e. The van der Waals surface area contributed by atoms with Crippen LogP contribution in [0.4, 0.5) is 0 Å². The zero-order valence-corrected chi connectivity index (χ0v) is 16.7. The molecule has 2 aliphatic rings. The van der Waals surface area contributed by atoms with E-state index in [2.05, 4.69) is 33.4 Å². The molecule has 1 aromatic rings. The molecule has 0 atom stereocenters. The van der Waals surface area contributed by atoms with E-state index in [9.17, 15) is 9.59 Å². The van der Waals surface area contributed by atoms with Gasteiger partial charge >= 0.3 is 0 Å². The lowest BCUT2D eigenvalue weighted by Gasteiger charge is -2.39. The molecule has 0 saturated carbocycles. The Balaban J connectivity index is 1.71. The van der Waals surface area contributed by atoms with E-state index in [1.54, 1.807) is 4.90 Å². The zero-order chi connectivity index (χ0) is 18.4. The minimum absolute atomic E-state index is 0.0799. The number of carbonyl (C=O) groups excluding carboxylic acids is 2. The highest BCUT2D eigenvalue weighted by Gasteiger charge is 2.36. The van der Waals surface area contributed by atoms with Crippen LogP contribution in [0.5, 0.6) is 0 Å². The maximum absolute atomic E-state index is 12.8. The van der Waals surface area contributed by atoms with E-state index in [-0.39, 0.29) is 18.4 Å². The van der Waals surface area contributed by atoms with Gasteiger partial charge in [-0.2, -0.15) is 0 Å². The van der Waals surface area contributed by atoms with E-state index in [0.717, 1.165) is 48.6 Å². The molecule has 2 fully saturated rings. The zero-order valence-electron chi connectivity index (χ0n) is 15.1. The average Bonchev–Trinajstić information content (AvgIpc) is 2.63. The first-order valence-corrected chi connectivity index (χ1v) is 10.3. The number of nitrogens with one attached hydrogen (secondary N) is 1. The van der Waals surface area contributed by atoms with Gasteiger partial charge in [-0.25, -0.2) is 0 Å². The Bertz CT molecular complexity index is 626. The summed E-state index contributed by atoms with van der Waals surface area (Å²) in [4.78, 5) is 26.8. The number of halogens is 1. The van der Waals surface area contributed by atoms with Gasteiger partial charge in [0, 0.05) is 30.7 Å². The van der Waals surface area contributed by atoms with Crippen molar-refractivity contribution in [2.24, 2.45) is 0 Å². The fourth-order valence-corrected chi connectivity index (χ4v) is 4.10. The molecule has 0 unspecified atom stereocenters. The molecule has 0 spiro atoms. The van der Waals surface area contributed by atoms with Crippen molar-refractivity contribution in [1.29, 1.82) is 0 Å². The molecule has 1 N–H and O–H groups in total. The molecule has 1 aromatic carbocycles. The number of ether oxygens (including phenoxy) is 1. The Morgan fingerprint density at radius 2 is 1.81 bits per heavy atom. The molecule has 2 aliphatic heterocycles. The van der Waals surface area contributed by atoms with E-state index >= 15 is 0 Å². The fourth-order valence-electron chi connectivity index (χ4n) is 3.84. The van der Waals surface area contributed by atoms with Crippen molar-refractivity contribution in [2.75, 3.05) is 26.3 Å². The molecule has 142 valence electrons. The Kier molecular flexibility index (Phi) is 6.70. The van der Waals surface area contributed by atoms with Crippen molar-refractivity contribution in [1.82, 2.24) is 10.2 Å². The maximum atomic E-state index is 12.8. The molecule has 0 aliphatic carbocycles. The van der Waals surface area contributed by atoms with Crippen LogP contribution >= 0.6 is 15.9 Å². The Labute approximate surface area is 163 Å². The van der Waals surface area contributed by atoms with Crippen molar-refractivity contribution in [3.8, 4) is 0 Å². The number of hydrogen-bond acceptors (Lipinski definition) is 3. The summed E-state index contributed by atoms with van der Waals surface area (Å²) in [5.74, 6) is 0.0215. The van der Waals surface area contributed by atoms with Crippen molar-refractivity contribution >= 4 is 27.7 Å². The molecule has 2 saturated heterocycles. The number of amides is 2. The predicted octanol–water partition coefficient (Wildman–Crippen LogP) is 3.36. The summed E-state index contributed by atoms with van der Waals surface area (Å²) in [5, 5.41) is 3.24. The minimum atomic E-state index is -0.415. The van der Waals surface area contributed by atoms with Crippen LogP contribution < -0.4 is 5.32 Å². The second-order valence-electron chi connectivity index (χ2n) is 7.23. The SMILES string of the molecule is O=C(CN1CCCCCCC1=O)NC1(c2ccc(Br)cc2)CCOCC1. The van der Waals surface area contributed by atoms with Crippen LogP contribution in [0.3, 0.4) is 0 Å². The average molecular weight is 423 g/mol. The Morgan fingerprint density at radius 3 is 2.54 bits per heavy atom. The van der Waals surface area contributed by atoms with Crippen molar-refractivity contribution in [3.05, 3.63) is 34.3 Å². The molecule has 2 heterocycles. The number of rotatable bonds is 4. The van der Waals surface area contributed by atoms with Crippen molar-refractivity contribution < 1.29 is 14.3 Å². The summed E-state index contributed by atoms with van der Waals surface area (Å²) in [6, 6.07) is 8.11. The van der Waals surface area contributed by atoms with Gasteiger partial charge in [-0.15, -0.1) is 0 Å². The first kappa shape index (κ1) is 19.4. The van der Waals surface area contributed by atoms with Crippen LogP contribution in [0.15, 0.2) is 28.7 Å². The van der Waals surface area contributed by atoms with Gasteiger partial charge in [0.15, 0.2) is 0 Å². The monoisotopic (exact) mass is 422 g/mol. The van der Waals surface area contributed by atoms with Crippen LogP contribution in [-0.4, -0.2) is 43.0 Å². The van der Waals surface area contributed by atoms with Crippen molar-refractivity contribution in [3.63, 3.8) is 0 Å². The van der Waals surface area contributed by atoms with Crippen LogP contribution in [0, 0.1) is 0 Å². The highest BCUT2D eigenvalue weighted by Crippen LogP contribution is 2.33. The molecule has 5 nitrogen and oxygen atoms in total. The molecule has 0 radical (unpaired) electrons. The van der Waals surface area contributed by atoms with Gasteiger partial charge in [-0.1, -0.05) is 40.9 Å². The number of carbonyl (C=O) groups is 2. The van der Waals surface area contributed by atoms with E-state index < -0.39 is 5.54 Å². The summed E-state index contributed by atoms with van der Waals surface area (Å²) in [6.07, 6.45) is 6.19. The number of nitrogens with zero attached hydrogens (tertiary/aromatic N) is 1. The Morgan fingerprint density at radius 1 is 1.12 bits per heavy atom. The van der Waals surface area contributed by atoms with Gasteiger partial charge in [0.1, 0.15) is 0 Å². The van der Waals surface area contributed by atoms with Gasteiger partial charge in [-0.3, -0.25) is 9.59 Å². The van der Waals surface area contributed by atoms with E-state index in [4.69, 9.17) is 4.74 Å². The summed E-state index contributed by atoms with van der Waals surface area (Å²) >= 11 is 3.47. The third-order valence-corrected chi connectivity index (χ3v) is 5.91. The first-order chi connectivity index (χ1) is 12.6. The predicted molar refractivity (Wildman–Crippen MR) is 104 cm³/mol. The van der Waals surface area contributed by atoms with Gasteiger partial charge in [-0.05, 0) is 43.4 Å². The molecule has 6 heteroatoms. The minimum Gasteiger partial charge on any atom is -0.381 e. The summed E-state index contributed by atoms with van der Waals surface area (Å²) in [7, 11) is 0. The molecular formula is C20H27BrN2O3. The molecule has 2 amide bonds. The third-order valence-electron chi connectivity index (χ3n) is 5.38. The smallest absolute Gasteiger partial charge is 0.240 e. The second kappa shape index (κ2) is 9.00. The standard InChI is InChI=1S/C20H27BrN2O3/c21-17-8-6-16(7-9-17)20(10-13-26-14-11-20)22-18(24)15-23-12-4-2-1-3-5-19(23)25/h6-9H,1-5,10-15H2,(H,22,24). The summed E-state index contributed by atoms with van der Waals surface area (Å²) in [6.45, 7) is 2.08. The lowest BCUT2D eigenvalue weighted by Crippen LogP contribution is -2.52. The fraction of sp³-hybridized carbons (Fsp3) is 0.600. The summed E-state index contributed by atoms with van der Waals surface area (Å²) in [5.41, 5.74) is 0.679. The third kappa shape index (κ3) is 4.86. The van der Waals surface area contributed by atoms with E-state index in [1.165, 1.54) is 0 Å². The van der Waals surface area contributed by atoms with Crippen LogP contribution in [0.1, 0.15) is 50.5 Å².